The van der Waals surface area contributed by atoms with E-state index in [1.807, 2.05) is 13.8 Å². The monoisotopic (exact) mass is 956 g/mol. The molecule has 0 bridgehead atoms. The average Bonchev–Trinajstić information content (AvgIpc) is 3.81. The maximum atomic E-state index is 13.8. The van der Waals surface area contributed by atoms with Crippen LogP contribution >= 0.6 is 0 Å². The summed E-state index contributed by atoms with van der Waals surface area (Å²) in [6, 6.07) is 0. The van der Waals surface area contributed by atoms with Crippen molar-refractivity contribution < 1.29 is 97.0 Å². The van der Waals surface area contributed by atoms with Crippen molar-refractivity contribution in [2.24, 2.45) is 23.2 Å². The molecule has 2 aliphatic carbocycles. The first kappa shape index (κ1) is 50.0. The summed E-state index contributed by atoms with van der Waals surface area (Å²) in [5.41, 5.74) is 1.84. The zero-order valence-corrected chi connectivity index (χ0v) is 39.4. The number of fused-ring (bicyclic) bond motifs is 3. The number of carbonyl (C=O) groups excluding carboxylic acids is 1. The molecule has 20 nitrogen and oxygen atoms in total. The van der Waals surface area contributed by atoms with Crippen LogP contribution < -0.4 is 0 Å². The Morgan fingerprint density at radius 1 is 0.746 bits per heavy atom. The van der Waals surface area contributed by atoms with Crippen molar-refractivity contribution in [2.75, 3.05) is 27.4 Å². The third-order valence-electron chi connectivity index (χ3n) is 16.3. The Kier molecular flexibility index (Phi) is 14.9. The predicted octanol–water partition coefficient (Wildman–Crippen LogP) is 0.829. The maximum Gasteiger partial charge on any atom is 0.309 e. The van der Waals surface area contributed by atoms with Crippen molar-refractivity contribution in [1.29, 1.82) is 0 Å². The van der Waals surface area contributed by atoms with Crippen LogP contribution in [0.4, 0.5) is 0 Å². The van der Waals surface area contributed by atoms with Gasteiger partial charge in [-0.3, -0.25) is 4.79 Å². The average molecular weight is 957 g/mol. The summed E-state index contributed by atoms with van der Waals surface area (Å²) in [6.45, 7) is 9.14. The van der Waals surface area contributed by atoms with Crippen molar-refractivity contribution in [3.63, 3.8) is 0 Å². The molecule has 1 saturated carbocycles. The highest BCUT2D eigenvalue weighted by atomic mass is 16.8. The zero-order valence-electron chi connectivity index (χ0n) is 39.4. The lowest BCUT2D eigenvalue weighted by Gasteiger charge is -2.52. The summed E-state index contributed by atoms with van der Waals surface area (Å²) in [7, 11) is 3.08. The fraction of sp³-hybridized carbons (Fsp3) is 0.894. The van der Waals surface area contributed by atoms with Crippen LogP contribution in [0, 0.1) is 23.2 Å². The van der Waals surface area contributed by atoms with Gasteiger partial charge >= 0.3 is 5.97 Å². The van der Waals surface area contributed by atoms with E-state index >= 15 is 0 Å². The Hall–Kier alpha value is -1.93. The number of allylic oxidation sites excluding steroid dienone is 1. The molecule has 0 radical (unpaired) electrons. The van der Waals surface area contributed by atoms with Crippen LogP contribution in [0.1, 0.15) is 86.0 Å². The SMILES string of the molecule is CO[C@@H]1C[C@@H](O[C@H]2CC3=CC[C@H]4C(=O)O[C@@H]5CO[C@]6(C)OC=C(CC[C@@H]4[C@]3(C)C[C@H]2O)[C@H]56)O[C@@H](C)[C@H]1O[C@H]1C[C@H](O)[C@H](O[C@H]2C[C@@H](OC)[C@H](O[C@@H]3O[C@H](CO)[C@@H](O)[C@H](O)[C@H]3O)[C@H](C)O2)[C@@H](C)O1. The summed E-state index contributed by atoms with van der Waals surface area (Å²) >= 11 is 0. The Balaban J connectivity index is 0.768. The molecule has 0 aromatic carbocycles. The molecule has 20 heteroatoms. The Labute approximate surface area is 390 Å². The minimum atomic E-state index is -1.60. The molecular formula is C47H72O20. The third kappa shape index (κ3) is 9.51. The van der Waals surface area contributed by atoms with E-state index in [4.69, 9.17) is 61.6 Å². The van der Waals surface area contributed by atoms with Gasteiger partial charge in [-0.05, 0) is 69.8 Å². The van der Waals surface area contributed by atoms with Crippen LogP contribution in [0.2, 0.25) is 0 Å². The van der Waals surface area contributed by atoms with E-state index in [0.29, 0.717) is 32.3 Å². The first-order valence-electron chi connectivity index (χ1n) is 24.2. The summed E-state index contributed by atoms with van der Waals surface area (Å²) in [4.78, 5) is 13.8. The lowest BCUT2D eigenvalue weighted by Crippen LogP contribution is -2.62. The molecule has 7 aliphatic heterocycles. The van der Waals surface area contributed by atoms with Crippen LogP contribution in [0.15, 0.2) is 23.5 Å². The number of ether oxygens (including phenoxy) is 13. The highest BCUT2D eigenvalue weighted by Crippen LogP contribution is 2.57. The zero-order chi connectivity index (χ0) is 47.7. The van der Waals surface area contributed by atoms with Crippen LogP contribution in [0.25, 0.3) is 0 Å². The van der Waals surface area contributed by atoms with Crippen molar-refractivity contribution in [3.05, 3.63) is 23.5 Å². The largest absolute Gasteiger partial charge is 0.469 e. The molecule has 0 amide bonds. The van der Waals surface area contributed by atoms with Crippen LogP contribution in [-0.2, 0) is 66.4 Å². The van der Waals surface area contributed by atoms with Crippen molar-refractivity contribution in [3.8, 4) is 0 Å². The van der Waals surface area contributed by atoms with Crippen LogP contribution in [0.5, 0.6) is 0 Å². The van der Waals surface area contributed by atoms with Crippen molar-refractivity contribution in [2.45, 2.75) is 215 Å². The quantitative estimate of drug-likeness (QED) is 0.124. The van der Waals surface area contributed by atoms with Crippen molar-refractivity contribution in [1.82, 2.24) is 0 Å². The van der Waals surface area contributed by atoms with E-state index < -0.39 is 135 Å². The van der Waals surface area contributed by atoms with Gasteiger partial charge < -0.3 is 92.2 Å². The van der Waals surface area contributed by atoms with Crippen LogP contribution in [-0.4, -0.2) is 193 Å². The van der Waals surface area contributed by atoms with E-state index in [9.17, 15) is 35.4 Å². The predicted molar refractivity (Wildman–Crippen MR) is 227 cm³/mol. The molecule has 380 valence electrons. The number of methoxy groups -OCH3 is 2. The molecule has 0 unspecified atom stereocenters. The van der Waals surface area contributed by atoms with Gasteiger partial charge in [-0.1, -0.05) is 18.6 Å². The molecule has 67 heavy (non-hydrogen) atoms. The molecule has 6 N–H and O–H groups in total. The third-order valence-corrected chi connectivity index (χ3v) is 16.3. The van der Waals surface area contributed by atoms with E-state index in [1.165, 1.54) is 12.7 Å². The molecule has 0 aromatic heterocycles. The van der Waals surface area contributed by atoms with Crippen LogP contribution in [0.3, 0.4) is 0 Å². The number of esters is 1. The van der Waals surface area contributed by atoms with Gasteiger partial charge in [0.2, 0.25) is 5.79 Å². The first-order chi connectivity index (χ1) is 31.9. The molecule has 0 aromatic rings. The normalized spacial score (nSPS) is 52.3. The summed E-state index contributed by atoms with van der Waals surface area (Å²) < 4.78 is 79.5. The van der Waals surface area contributed by atoms with Gasteiger partial charge in [0, 0.05) is 40.4 Å². The Morgan fingerprint density at radius 3 is 2.03 bits per heavy atom. The molecule has 6 saturated heterocycles. The summed E-state index contributed by atoms with van der Waals surface area (Å²) in [5, 5.41) is 63.8. The van der Waals surface area contributed by atoms with Gasteiger partial charge in [-0.25, -0.2) is 0 Å². The molecule has 25 atom stereocenters. The highest BCUT2D eigenvalue weighted by Gasteiger charge is 2.59. The molecule has 9 aliphatic rings. The highest BCUT2D eigenvalue weighted by molar-refractivity contribution is 5.74. The minimum absolute atomic E-state index is 0.0362. The molecule has 7 heterocycles. The number of aliphatic hydroxyl groups excluding tert-OH is 6. The number of hydrogen-bond acceptors (Lipinski definition) is 20. The van der Waals surface area contributed by atoms with Gasteiger partial charge in [0.25, 0.3) is 0 Å². The van der Waals surface area contributed by atoms with E-state index in [2.05, 4.69) is 13.0 Å². The molecule has 0 spiro atoms. The van der Waals surface area contributed by atoms with Gasteiger partial charge in [0.05, 0.1) is 80.1 Å². The number of carbonyl (C=O) groups is 1. The van der Waals surface area contributed by atoms with E-state index in [1.54, 1.807) is 27.2 Å². The fourth-order valence-corrected chi connectivity index (χ4v) is 12.6. The second kappa shape index (κ2) is 19.9. The molecular weight excluding hydrogens is 884 g/mol. The summed E-state index contributed by atoms with van der Waals surface area (Å²) in [6.07, 6.45) is -9.91. The second-order valence-electron chi connectivity index (χ2n) is 20.5. The van der Waals surface area contributed by atoms with E-state index in [-0.39, 0.29) is 42.7 Å². The number of rotatable bonds is 11. The van der Waals surface area contributed by atoms with Crippen molar-refractivity contribution >= 4 is 5.97 Å². The lowest BCUT2D eigenvalue weighted by atomic mass is 9.55. The minimum Gasteiger partial charge on any atom is -0.469 e. The van der Waals surface area contributed by atoms with Gasteiger partial charge in [0.1, 0.15) is 48.8 Å². The Morgan fingerprint density at radius 2 is 1.37 bits per heavy atom. The van der Waals surface area contributed by atoms with Gasteiger partial charge in [-0.2, -0.15) is 0 Å². The molecule has 9 rings (SSSR count). The number of aliphatic hydroxyl groups is 6. The summed E-state index contributed by atoms with van der Waals surface area (Å²) in [5.74, 6) is -1.52. The smallest absolute Gasteiger partial charge is 0.309 e. The fourth-order valence-electron chi connectivity index (χ4n) is 12.6. The number of hydrogen-bond donors (Lipinski definition) is 6. The maximum absolute atomic E-state index is 13.8. The van der Waals surface area contributed by atoms with Gasteiger partial charge in [-0.15, -0.1) is 0 Å². The first-order valence-corrected chi connectivity index (χ1v) is 24.2. The molecule has 7 fully saturated rings. The topological polar surface area (TPSA) is 258 Å². The lowest BCUT2D eigenvalue weighted by molar-refractivity contribution is -0.356. The Bertz CT molecular complexity index is 1790. The standard InChI is InChI=1S/C47H72O20/c1-20-41(65-36-15-31(56-7)43(22(3)61-36)67-45-40(53)39(52)38(51)32(17-48)64-45)27(49)13-34(59-20)66-42-21(2)60-35(14-30(42)55-6)62-29-12-24-9-10-25-26(46(24,4)16-28(29)50)11-8-23-18-57-47(5)37(23)33(19-58-47)63-44(25)54/h9,18,20-22,25-43,45,48-53H,8,10-17,19H2,1-7H3/t20-,21+,22+,25-,26+,27+,28-,29+,30-,31-,32-,33-,34+,35-,36+,37-,38-,39+,40-,41-,42-,43-,45+,46-,47+/m1/s1. The second-order valence-corrected chi connectivity index (χ2v) is 20.5. The van der Waals surface area contributed by atoms with E-state index in [0.717, 1.165) is 18.4 Å². The van der Waals surface area contributed by atoms with Gasteiger partial charge in [0.15, 0.2) is 25.2 Å².